The summed E-state index contributed by atoms with van der Waals surface area (Å²) in [5, 5.41) is 5.45. The van der Waals surface area contributed by atoms with Crippen LogP contribution in [-0.2, 0) is 14.3 Å². The predicted molar refractivity (Wildman–Crippen MR) is 135 cm³/mol. The Labute approximate surface area is 204 Å². The number of nitrogens with one attached hydrogen (secondary N) is 2. The van der Waals surface area contributed by atoms with Crippen LogP contribution in [0.3, 0.4) is 0 Å². The van der Waals surface area contributed by atoms with E-state index in [4.69, 9.17) is 9.47 Å². The van der Waals surface area contributed by atoms with Crippen molar-refractivity contribution < 1.29 is 23.9 Å². The highest BCUT2D eigenvalue weighted by molar-refractivity contribution is 6.06. The SMILES string of the molecule is COc1ccc(/C=C/C(=O)Nc2ccccc2C(=O)OCC(=O)NCC(C)c2ccccc2)cc1. The molecule has 1 unspecified atom stereocenters. The lowest BCUT2D eigenvalue weighted by atomic mass is 10.0. The minimum atomic E-state index is -0.703. The van der Waals surface area contributed by atoms with Crippen molar-refractivity contribution in [1.82, 2.24) is 5.32 Å². The normalized spacial score (nSPS) is 11.5. The molecule has 0 saturated carbocycles. The van der Waals surface area contributed by atoms with E-state index in [1.165, 1.54) is 12.1 Å². The van der Waals surface area contributed by atoms with Crippen LogP contribution in [0.15, 0.2) is 84.9 Å². The fraction of sp³-hybridized carbons (Fsp3) is 0.179. The molecular weight excluding hydrogens is 444 g/mol. The summed E-state index contributed by atoms with van der Waals surface area (Å²) in [5.41, 5.74) is 2.38. The molecule has 1 atom stereocenters. The van der Waals surface area contributed by atoms with Gasteiger partial charge in [-0.2, -0.15) is 0 Å². The third kappa shape index (κ3) is 7.85. The molecule has 0 saturated heterocycles. The van der Waals surface area contributed by atoms with Crippen molar-refractivity contribution in [3.63, 3.8) is 0 Å². The zero-order chi connectivity index (χ0) is 25.0. The minimum absolute atomic E-state index is 0.123. The quantitative estimate of drug-likeness (QED) is 0.336. The number of carbonyl (C=O) groups excluding carboxylic acids is 3. The molecule has 7 heteroatoms. The number of esters is 1. The summed E-state index contributed by atoms with van der Waals surface area (Å²) in [4.78, 5) is 37.1. The van der Waals surface area contributed by atoms with Gasteiger partial charge < -0.3 is 20.1 Å². The summed E-state index contributed by atoms with van der Waals surface area (Å²) < 4.78 is 10.3. The first-order chi connectivity index (χ1) is 17.0. The molecule has 0 bridgehead atoms. The maximum absolute atomic E-state index is 12.6. The number of hydrogen-bond acceptors (Lipinski definition) is 5. The predicted octanol–water partition coefficient (Wildman–Crippen LogP) is 4.42. The highest BCUT2D eigenvalue weighted by Crippen LogP contribution is 2.17. The number of amides is 2. The first-order valence-electron chi connectivity index (χ1n) is 11.2. The molecule has 3 rings (SSSR count). The van der Waals surface area contributed by atoms with Crippen molar-refractivity contribution in [3.8, 4) is 5.75 Å². The van der Waals surface area contributed by atoms with Crippen LogP contribution in [0.2, 0.25) is 0 Å². The Bertz CT molecular complexity index is 1170. The van der Waals surface area contributed by atoms with Gasteiger partial charge in [0.05, 0.1) is 18.4 Å². The van der Waals surface area contributed by atoms with Gasteiger partial charge in [0.1, 0.15) is 5.75 Å². The molecule has 2 N–H and O–H groups in total. The van der Waals surface area contributed by atoms with Crippen molar-refractivity contribution in [2.24, 2.45) is 0 Å². The Morgan fingerprint density at radius 2 is 1.60 bits per heavy atom. The van der Waals surface area contributed by atoms with Gasteiger partial charge in [-0.15, -0.1) is 0 Å². The Morgan fingerprint density at radius 1 is 0.914 bits per heavy atom. The van der Waals surface area contributed by atoms with Crippen LogP contribution in [-0.4, -0.2) is 38.0 Å². The van der Waals surface area contributed by atoms with Crippen molar-refractivity contribution in [3.05, 3.63) is 102 Å². The molecule has 0 spiro atoms. The Balaban J connectivity index is 1.51. The molecule has 0 aliphatic rings. The number of ether oxygens (including phenoxy) is 2. The fourth-order valence-electron chi connectivity index (χ4n) is 3.26. The maximum atomic E-state index is 12.6. The number of benzene rings is 3. The summed E-state index contributed by atoms with van der Waals surface area (Å²) in [5.74, 6) is -0.665. The van der Waals surface area contributed by atoms with E-state index in [0.29, 0.717) is 12.2 Å². The van der Waals surface area contributed by atoms with Gasteiger partial charge in [-0.25, -0.2) is 4.79 Å². The molecule has 0 aliphatic carbocycles. The second-order valence-electron chi connectivity index (χ2n) is 7.83. The minimum Gasteiger partial charge on any atom is -0.497 e. The summed E-state index contributed by atoms with van der Waals surface area (Å²) >= 11 is 0. The number of anilines is 1. The molecular formula is C28H28N2O5. The van der Waals surface area contributed by atoms with E-state index in [-0.39, 0.29) is 11.5 Å². The van der Waals surface area contributed by atoms with E-state index in [1.807, 2.05) is 49.4 Å². The van der Waals surface area contributed by atoms with Crippen LogP contribution in [0.25, 0.3) is 6.08 Å². The fourth-order valence-corrected chi connectivity index (χ4v) is 3.26. The van der Waals surface area contributed by atoms with E-state index < -0.39 is 24.4 Å². The lowest BCUT2D eigenvalue weighted by Gasteiger charge is -2.13. The molecule has 0 heterocycles. The van der Waals surface area contributed by atoms with Crippen molar-refractivity contribution in [2.45, 2.75) is 12.8 Å². The van der Waals surface area contributed by atoms with Crippen LogP contribution < -0.4 is 15.4 Å². The first kappa shape index (κ1) is 25.2. The molecule has 7 nitrogen and oxygen atoms in total. The molecule has 0 aromatic heterocycles. The standard InChI is InChI=1S/C28H28N2O5/c1-20(22-8-4-3-5-9-22)18-29-27(32)19-35-28(33)24-10-6-7-11-25(24)30-26(31)17-14-21-12-15-23(34-2)16-13-21/h3-17,20H,18-19H2,1-2H3,(H,29,32)(H,30,31)/b17-14+. The smallest absolute Gasteiger partial charge is 0.340 e. The highest BCUT2D eigenvalue weighted by atomic mass is 16.5. The summed E-state index contributed by atoms with van der Waals surface area (Å²) in [6.07, 6.45) is 3.02. The summed E-state index contributed by atoms with van der Waals surface area (Å²) in [6, 6.07) is 23.5. The lowest BCUT2D eigenvalue weighted by Crippen LogP contribution is -2.31. The summed E-state index contributed by atoms with van der Waals surface area (Å²) in [6.45, 7) is 2.01. The van der Waals surface area contributed by atoms with Crippen LogP contribution in [0.1, 0.15) is 34.3 Å². The Morgan fingerprint density at radius 3 is 2.31 bits per heavy atom. The van der Waals surface area contributed by atoms with Gasteiger partial charge in [0.25, 0.3) is 5.91 Å². The van der Waals surface area contributed by atoms with Gasteiger partial charge in [-0.05, 0) is 47.4 Å². The maximum Gasteiger partial charge on any atom is 0.340 e. The van der Waals surface area contributed by atoms with Gasteiger partial charge in [0, 0.05) is 12.6 Å². The molecule has 35 heavy (non-hydrogen) atoms. The lowest BCUT2D eigenvalue weighted by molar-refractivity contribution is -0.124. The van der Waals surface area contributed by atoms with Crippen LogP contribution in [0.4, 0.5) is 5.69 Å². The highest BCUT2D eigenvalue weighted by Gasteiger charge is 2.16. The van der Waals surface area contributed by atoms with Crippen molar-refractivity contribution in [1.29, 1.82) is 0 Å². The van der Waals surface area contributed by atoms with Crippen molar-refractivity contribution >= 4 is 29.5 Å². The molecule has 180 valence electrons. The molecule has 0 fully saturated rings. The van der Waals surface area contributed by atoms with Crippen molar-refractivity contribution in [2.75, 3.05) is 25.6 Å². The number of rotatable bonds is 10. The summed E-state index contributed by atoms with van der Waals surface area (Å²) in [7, 11) is 1.58. The number of methoxy groups -OCH3 is 1. The van der Waals surface area contributed by atoms with Crippen LogP contribution >= 0.6 is 0 Å². The van der Waals surface area contributed by atoms with Gasteiger partial charge in [0.2, 0.25) is 5.91 Å². The number of carbonyl (C=O) groups is 3. The first-order valence-corrected chi connectivity index (χ1v) is 11.2. The Hall–Kier alpha value is -4.39. The van der Waals surface area contributed by atoms with E-state index >= 15 is 0 Å². The van der Waals surface area contributed by atoms with Gasteiger partial charge >= 0.3 is 5.97 Å². The largest absolute Gasteiger partial charge is 0.497 e. The molecule has 2 amide bonds. The zero-order valence-corrected chi connectivity index (χ0v) is 19.7. The topological polar surface area (TPSA) is 93.7 Å². The third-order valence-electron chi connectivity index (χ3n) is 5.26. The van der Waals surface area contributed by atoms with Gasteiger partial charge in [-0.1, -0.05) is 61.5 Å². The second-order valence-corrected chi connectivity index (χ2v) is 7.83. The Kier molecular flexibility index (Phi) is 9.19. The monoisotopic (exact) mass is 472 g/mol. The van der Waals surface area contributed by atoms with Gasteiger partial charge in [-0.3, -0.25) is 9.59 Å². The van der Waals surface area contributed by atoms with Gasteiger partial charge in [0.15, 0.2) is 6.61 Å². The molecule has 3 aromatic carbocycles. The zero-order valence-electron chi connectivity index (χ0n) is 19.7. The van der Waals surface area contributed by atoms with Crippen LogP contribution in [0.5, 0.6) is 5.75 Å². The number of para-hydroxylation sites is 1. The molecule has 3 aromatic rings. The molecule has 0 radical (unpaired) electrons. The average Bonchev–Trinajstić information content (AvgIpc) is 2.90. The molecule has 0 aliphatic heterocycles. The van der Waals surface area contributed by atoms with E-state index in [0.717, 1.165) is 16.9 Å². The van der Waals surface area contributed by atoms with E-state index in [1.54, 1.807) is 43.5 Å². The second kappa shape index (κ2) is 12.7. The van der Waals surface area contributed by atoms with E-state index in [9.17, 15) is 14.4 Å². The van der Waals surface area contributed by atoms with Crippen LogP contribution in [0, 0.1) is 0 Å². The average molecular weight is 473 g/mol. The third-order valence-corrected chi connectivity index (χ3v) is 5.26. The number of hydrogen-bond donors (Lipinski definition) is 2. The van der Waals surface area contributed by atoms with E-state index in [2.05, 4.69) is 10.6 Å².